The predicted molar refractivity (Wildman–Crippen MR) is 78.2 cm³/mol. The summed E-state index contributed by atoms with van der Waals surface area (Å²) < 4.78 is 0. The average Bonchev–Trinajstić information content (AvgIpc) is 2.36. The van der Waals surface area contributed by atoms with Crippen LogP contribution in [0.4, 0.5) is 5.69 Å². The number of anilines is 1. The lowest BCUT2D eigenvalue weighted by molar-refractivity contribution is 0.0656. The molecule has 0 aliphatic heterocycles. The molecule has 0 aromatic heterocycles. The Bertz CT molecular complexity index is 449. The van der Waals surface area contributed by atoms with E-state index in [2.05, 4.69) is 25.2 Å². The second kappa shape index (κ2) is 6.55. The van der Waals surface area contributed by atoms with Gasteiger partial charge in [-0.1, -0.05) is 19.9 Å². The minimum atomic E-state index is -0.818. The first-order chi connectivity index (χ1) is 8.84. The zero-order valence-corrected chi connectivity index (χ0v) is 12.1. The van der Waals surface area contributed by atoms with Crippen molar-refractivity contribution in [1.29, 1.82) is 5.26 Å². The summed E-state index contributed by atoms with van der Waals surface area (Å²) in [5, 5.41) is 22.5. The molecule has 0 aliphatic rings. The Hall–Kier alpha value is -1.57. The lowest BCUT2D eigenvalue weighted by Crippen LogP contribution is -2.48. The zero-order chi connectivity index (χ0) is 14.5. The van der Waals surface area contributed by atoms with Crippen LogP contribution in [0.2, 0.25) is 0 Å². The van der Waals surface area contributed by atoms with Crippen molar-refractivity contribution in [3.63, 3.8) is 0 Å². The molecule has 4 heteroatoms. The van der Waals surface area contributed by atoms with E-state index in [-0.39, 0.29) is 0 Å². The molecule has 1 rings (SSSR count). The van der Waals surface area contributed by atoms with E-state index in [1.54, 1.807) is 6.07 Å². The van der Waals surface area contributed by atoms with E-state index < -0.39 is 5.60 Å². The van der Waals surface area contributed by atoms with E-state index in [1.165, 1.54) is 0 Å². The van der Waals surface area contributed by atoms with E-state index in [9.17, 15) is 5.11 Å². The fourth-order valence-electron chi connectivity index (χ4n) is 1.90. The van der Waals surface area contributed by atoms with Gasteiger partial charge in [0.05, 0.1) is 17.2 Å². The molecule has 0 aliphatic carbocycles. The van der Waals surface area contributed by atoms with Crippen molar-refractivity contribution < 1.29 is 5.11 Å². The number of hydrogen-bond donors (Lipinski definition) is 2. The summed E-state index contributed by atoms with van der Waals surface area (Å²) in [7, 11) is 1.92. The number of aliphatic hydroxyl groups is 1. The van der Waals surface area contributed by atoms with Gasteiger partial charge in [-0.2, -0.15) is 5.26 Å². The van der Waals surface area contributed by atoms with Crippen molar-refractivity contribution in [3.8, 4) is 6.07 Å². The molecular weight excluding hydrogens is 238 g/mol. The average molecular weight is 261 g/mol. The highest BCUT2D eigenvalue weighted by Gasteiger charge is 2.22. The molecule has 1 aromatic carbocycles. The largest absolute Gasteiger partial charge is 0.387 e. The minimum Gasteiger partial charge on any atom is -0.387 e. The Morgan fingerprint density at radius 2 is 2.16 bits per heavy atom. The van der Waals surface area contributed by atoms with Gasteiger partial charge in [0.2, 0.25) is 0 Å². The minimum absolute atomic E-state index is 0.346. The Morgan fingerprint density at radius 1 is 1.47 bits per heavy atom. The molecule has 0 spiro atoms. The number of nitrogens with zero attached hydrogens (tertiary/aromatic N) is 2. The first-order valence-electron chi connectivity index (χ1n) is 6.51. The monoisotopic (exact) mass is 261 g/mol. The molecule has 104 valence electrons. The summed E-state index contributed by atoms with van der Waals surface area (Å²) >= 11 is 0. The van der Waals surface area contributed by atoms with Gasteiger partial charge in [0.25, 0.3) is 0 Å². The fraction of sp³-hybridized carbons (Fsp3) is 0.533. The van der Waals surface area contributed by atoms with Gasteiger partial charge in [-0.15, -0.1) is 0 Å². The number of hydrogen-bond acceptors (Lipinski definition) is 4. The number of benzene rings is 1. The SMILES string of the molecule is CC(C)NCC(C)(O)CN(C)c1cccc(C#N)c1. The van der Waals surface area contributed by atoms with E-state index in [1.807, 2.05) is 37.1 Å². The molecule has 19 heavy (non-hydrogen) atoms. The zero-order valence-electron chi connectivity index (χ0n) is 12.1. The lowest BCUT2D eigenvalue weighted by Gasteiger charge is -2.31. The van der Waals surface area contributed by atoms with Crippen LogP contribution in [0, 0.1) is 11.3 Å². The molecule has 0 amide bonds. The number of likely N-dealkylation sites (N-methyl/N-ethyl adjacent to an activating group) is 1. The number of rotatable bonds is 6. The summed E-state index contributed by atoms with van der Waals surface area (Å²) in [4.78, 5) is 1.96. The maximum atomic E-state index is 10.4. The van der Waals surface area contributed by atoms with Crippen LogP contribution in [0.25, 0.3) is 0 Å². The molecule has 0 fully saturated rings. The van der Waals surface area contributed by atoms with Crippen molar-refractivity contribution in [2.45, 2.75) is 32.4 Å². The molecular formula is C15H23N3O. The Morgan fingerprint density at radius 3 is 2.74 bits per heavy atom. The van der Waals surface area contributed by atoms with Gasteiger partial charge < -0.3 is 15.3 Å². The highest BCUT2D eigenvalue weighted by Crippen LogP contribution is 2.17. The van der Waals surface area contributed by atoms with Crippen LogP contribution in [-0.4, -0.2) is 36.9 Å². The van der Waals surface area contributed by atoms with Crippen LogP contribution < -0.4 is 10.2 Å². The Labute approximate surface area is 115 Å². The molecule has 1 unspecified atom stereocenters. The van der Waals surface area contributed by atoms with E-state index in [0.717, 1.165) is 5.69 Å². The summed E-state index contributed by atoms with van der Waals surface area (Å²) in [5.74, 6) is 0. The highest BCUT2D eigenvalue weighted by molar-refractivity contribution is 5.51. The van der Waals surface area contributed by atoms with E-state index in [4.69, 9.17) is 5.26 Å². The standard InChI is InChI=1S/C15H23N3O/c1-12(2)17-10-15(3,19)11-18(4)14-7-5-6-13(8-14)9-16/h5-8,12,17,19H,10-11H2,1-4H3. The maximum absolute atomic E-state index is 10.4. The fourth-order valence-corrected chi connectivity index (χ4v) is 1.90. The van der Waals surface area contributed by atoms with Crippen LogP contribution in [0.15, 0.2) is 24.3 Å². The highest BCUT2D eigenvalue weighted by atomic mass is 16.3. The maximum Gasteiger partial charge on any atom is 0.0992 e. The van der Waals surface area contributed by atoms with Crippen LogP contribution in [0.3, 0.4) is 0 Å². The second-order valence-electron chi connectivity index (χ2n) is 5.55. The predicted octanol–water partition coefficient (Wildman–Crippen LogP) is 1.74. The molecule has 0 saturated heterocycles. The first kappa shape index (κ1) is 15.5. The topological polar surface area (TPSA) is 59.3 Å². The molecule has 0 heterocycles. The Kier molecular flexibility index (Phi) is 5.34. The number of nitriles is 1. The van der Waals surface area contributed by atoms with Crippen LogP contribution in [0.5, 0.6) is 0 Å². The molecule has 1 atom stereocenters. The van der Waals surface area contributed by atoms with Crippen LogP contribution >= 0.6 is 0 Å². The molecule has 0 radical (unpaired) electrons. The summed E-state index contributed by atoms with van der Waals surface area (Å²) in [5.41, 5.74) is 0.745. The third-order valence-corrected chi connectivity index (χ3v) is 2.88. The summed E-state index contributed by atoms with van der Waals surface area (Å²) in [6.45, 7) is 6.95. The van der Waals surface area contributed by atoms with Gasteiger partial charge in [-0.25, -0.2) is 0 Å². The molecule has 2 N–H and O–H groups in total. The van der Waals surface area contributed by atoms with Crippen LogP contribution in [0.1, 0.15) is 26.3 Å². The van der Waals surface area contributed by atoms with Gasteiger partial charge in [0.15, 0.2) is 0 Å². The van der Waals surface area contributed by atoms with Gasteiger partial charge in [0.1, 0.15) is 0 Å². The summed E-state index contributed by atoms with van der Waals surface area (Å²) in [6, 6.07) is 9.86. The van der Waals surface area contributed by atoms with Crippen molar-refractivity contribution in [2.75, 3.05) is 25.0 Å². The van der Waals surface area contributed by atoms with Crippen molar-refractivity contribution in [1.82, 2.24) is 5.32 Å². The smallest absolute Gasteiger partial charge is 0.0992 e. The number of nitrogens with one attached hydrogen (secondary N) is 1. The summed E-state index contributed by atoms with van der Waals surface area (Å²) in [6.07, 6.45) is 0. The van der Waals surface area contributed by atoms with Gasteiger partial charge in [-0.05, 0) is 25.1 Å². The van der Waals surface area contributed by atoms with Crippen molar-refractivity contribution >= 4 is 5.69 Å². The quantitative estimate of drug-likeness (QED) is 0.819. The van der Waals surface area contributed by atoms with Crippen molar-refractivity contribution in [3.05, 3.63) is 29.8 Å². The molecule has 0 bridgehead atoms. The van der Waals surface area contributed by atoms with Gasteiger partial charge >= 0.3 is 0 Å². The third-order valence-electron chi connectivity index (χ3n) is 2.88. The van der Waals surface area contributed by atoms with Gasteiger partial charge in [0, 0.05) is 31.9 Å². The van der Waals surface area contributed by atoms with E-state index in [0.29, 0.717) is 24.7 Å². The molecule has 1 aromatic rings. The third kappa shape index (κ3) is 5.29. The molecule has 4 nitrogen and oxygen atoms in total. The first-order valence-corrected chi connectivity index (χ1v) is 6.51. The lowest BCUT2D eigenvalue weighted by atomic mass is 10.1. The molecule has 0 saturated carbocycles. The Balaban J connectivity index is 2.67. The van der Waals surface area contributed by atoms with E-state index >= 15 is 0 Å². The second-order valence-corrected chi connectivity index (χ2v) is 5.55. The van der Waals surface area contributed by atoms with Gasteiger partial charge in [-0.3, -0.25) is 0 Å². The normalized spacial score (nSPS) is 13.9. The van der Waals surface area contributed by atoms with Crippen LogP contribution in [-0.2, 0) is 0 Å². The van der Waals surface area contributed by atoms with Crippen molar-refractivity contribution in [2.24, 2.45) is 0 Å².